The minimum atomic E-state index is -1.41. The molecule has 0 radical (unpaired) electrons. The monoisotopic (exact) mass is 406 g/mol. The molecule has 0 fully saturated rings. The lowest BCUT2D eigenvalue weighted by Crippen LogP contribution is -2.30. The summed E-state index contributed by atoms with van der Waals surface area (Å²) < 4.78 is 22.0. The molecule has 9 nitrogen and oxygen atoms in total. The molecular weight excluding hydrogens is 388 g/mol. The molecule has 148 valence electrons. The highest BCUT2D eigenvalue weighted by Crippen LogP contribution is 2.29. The Morgan fingerprint density at radius 2 is 1.89 bits per heavy atom. The number of hydrogen-bond acceptors (Lipinski definition) is 7. The summed E-state index contributed by atoms with van der Waals surface area (Å²) in [7, 11) is -0.0621. The number of nitrogens with one attached hydrogen (secondary N) is 1. The fraction of sp³-hybridized carbons (Fsp3) is 0.222. The SMILES string of the molecule is COc1ccc([N+](=O)[O-])cc1NC(=O)[C@@H](C)OC(=O)c1ccccc1[S@@](C)=O. The first-order valence-electron chi connectivity index (χ1n) is 8.01. The van der Waals surface area contributed by atoms with Gasteiger partial charge in [-0.1, -0.05) is 12.1 Å². The number of non-ortho nitro benzene ring substituents is 1. The number of rotatable bonds is 7. The first-order valence-corrected chi connectivity index (χ1v) is 9.57. The number of methoxy groups -OCH3 is 1. The molecule has 1 N–H and O–H groups in total. The molecule has 0 aliphatic heterocycles. The Bertz CT molecular complexity index is 945. The van der Waals surface area contributed by atoms with Crippen molar-refractivity contribution in [3.63, 3.8) is 0 Å². The molecule has 0 aromatic heterocycles. The normalized spacial score (nSPS) is 12.5. The van der Waals surface area contributed by atoms with Crippen LogP contribution in [0.3, 0.4) is 0 Å². The molecule has 0 aliphatic rings. The average molecular weight is 406 g/mol. The summed E-state index contributed by atoms with van der Waals surface area (Å²) in [4.78, 5) is 35.3. The van der Waals surface area contributed by atoms with E-state index in [4.69, 9.17) is 9.47 Å². The highest BCUT2D eigenvalue weighted by Gasteiger charge is 2.23. The Hall–Kier alpha value is -3.27. The van der Waals surface area contributed by atoms with Gasteiger partial charge in [0.1, 0.15) is 5.75 Å². The zero-order valence-electron chi connectivity index (χ0n) is 15.3. The maximum Gasteiger partial charge on any atom is 0.340 e. The van der Waals surface area contributed by atoms with E-state index in [9.17, 15) is 23.9 Å². The van der Waals surface area contributed by atoms with Gasteiger partial charge in [0.15, 0.2) is 6.10 Å². The van der Waals surface area contributed by atoms with Crippen molar-refractivity contribution in [1.82, 2.24) is 0 Å². The van der Waals surface area contributed by atoms with Gasteiger partial charge in [0, 0.05) is 18.4 Å². The topological polar surface area (TPSA) is 125 Å². The molecule has 2 atom stereocenters. The van der Waals surface area contributed by atoms with Gasteiger partial charge >= 0.3 is 5.97 Å². The first kappa shape index (κ1) is 21.0. The molecule has 2 rings (SSSR count). The number of amides is 1. The average Bonchev–Trinajstić information content (AvgIpc) is 2.67. The molecule has 10 heteroatoms. The summed E-state index contributed by atoms with van der Waals surface area (Å²) in [6, 6.07) is 9.93. The minimum absolute atomic E-state index is 0.0691. The second-order valence-corrected chi connectivity index (χ2v) is 6.98. The standard InChI is InChI=1S/C18H18N2O7S/c1-11(27-18(22)13-6-4-5-7-16(13)28(3)25)17(21)19-14-10-12(20(23)24)8-9-15(14)26-2/h4-11H,1-3H3,(H,19,21)/t11-,28-/m1/s1. The van der Waals surface area contributed by atoms with Gasteiger partial charge in [-0.25, -0.2) is 4.79 Å². The van der Waals surface area contributed by atoms with E-state index in [1.54, 1.807) is 12.1 Å². The summed E-state index contributed by atoms with van der Waals surface area (Å²) in [5.74, 6) is -1.30. The summed E-state index contributed by atoms with van der Waals surface area (Å²) in [5, 5.41) is 13.4. The van der Waals surface area contributed by atoms with E-state index in [1.807, 2.05) is 0 Å². The number of anilines is 1. The molecule has 0 spiro atoms. The number of esters is 1. The Labute approximate surface area is 163 Å². The van der Waals surface area contributed by atoms with Crippen LogP contribution in [0.4, 0.5) is 11.4 Å². The summed E-state index contributed by atoms with van der Waals surface area (Å²) in [5.41, 5.74) is -0.0734. The molecule has 0 unspecified atom stereocenters. The van der Waals surface area contributed by atoms with Crippen LogP contribution < -0.4 is 10.1 Å². The van der Waals surface area contributed by atoms with Gasteiger partial charge in [-0.15, -0.1) is 0 Å². The Kier molecular flexibility index (Phi) is 6.83. The van der Waals surface area contributed by atoms with Crippen molar-refractivity contribution >= 4 is 34.1 Å². The van der Waals surface area contributed by atoms with Gasteiger partial charge in [-0.3, -0.25) is 19.1 Å². The first-order chi connectivity index (χ1) is 13.2. The van der Waals surface area contributed by atoms with Crippen LogP contribution in [0, 0.1) is 10.1 Å². The van der Waals surface area contributed by atoms with Crippen LogP contribution in [0.5, 0.6) is 5.75 Å². The molecule has 0 saturated carbocycles. The molecular formula is C18H18N2O7S. The van der Waals surface area contributed by atoms with E-state index in [-0.39, 0.29) is 22.7 Å². The van der Waals surface area contributed by atoms with Crippen molar-refractivity contribution in [3.8, 4) is 5.75 Å². The molecule has 28 heavy (non-hydrogen) atoms. The Morgan fingerprint density at radius 3 is 2.50 bits per heavy atom. The Balaban J connectivity index is 2.16. The zero-order valence-corrected chi connectivity index (χ0v) is 16.1. The predicted molar refractivity (Wildman–Crippen MR) is 102 cm³/mol. The van der Waals surface area contributed by atoms with Crippen molar-refractivity contribution in [1.29, 1.82) is 0 Å². The molecule has 0 bridgehead atoms. The third-order valence-corrected chi connectivity index (χ3v) is 4.70. The zero-order chi connectivity index (χ0) is 20.8. The van der Waals surface area contributed by atoms with Gasteiger partial charge in [0.25, 0.3) is 11.6 Å². The Morgan fingerprint density at radius 1 is 1.21 bits per heavy atom. The number of carbonyl (C=O) groups excluding carboxylic acids is 2. The molecule has 2 aromatic carbocycles. The maximum absolute atomic E-state index is 12.4. The lowest BCUT2D eigenvalue weighted by Gasteiger charge is -2.16. The van der Waals surface area contributed by atoms with Crippen LogP contribution in [0.15, 0.2) is 47.4 Å². The molecule has 1 amide bonds. The molecule has 2 aromatic rings. The van der Waals surface area contributed by atoms with Gasteiger partial charge in [0.2, 0.25) is 0 Å². The van der Waals surface area contributed by atoms with E-state index in [0.29, 0.717) is 4.90 Å². The third-order valence-electron chi connectivity index (χ3n) is 3.72. The lowest BCUT2D eigenvalue weighted by molar-refractivity contribution is -0.384. The quantitative estimate of drug-likeness (QED) is 0.425. The van der Waals surface area contributed by atoms with Crippen LogP contribution in [0.1, 0.15) is 17.3 Å². The molecule has 0 heterocycles. The van der Waals surface area contributed by atoms with Crippen molar-refractivity contribution in [3.05, 3.63) is 58.1 Å². The van der Waals surface area contributed by atoms with Gasteiger partial charge in [-0.2, -0.15) is 0 Å². The number of ether oxygens (including phenoxy) is 2. The van der Waals surface area contributed by atoms with Crippen molar-refractivity contribution in [2.45, 2.75) is 17.9 Å². The molecule has 0 aliphatic carbocycles. The number of nitro groups is 1. The van der Waals surface area contributed by atoms with Crippen molar-refractivity contribution in [2.75, 3.05) is 18.7 Å². The summed E-state index contributed by atoms with van der Waals surface area (Å²) >= 11 is 0. The van der Waals surface area contributed by atoms with E-state index >= 15 is 0 Å². The minimum Gasteiger partial charge on any atom is -0.495 e. The highest BCUT2D eigenvalue weighted by atomic mass is 32.2. The number of hydrogen-bond donors (Lipinski definition) is 1. The fourth-order valence-corrected chi connectivity index (χ4v) is 3.04. The van der Waals surface area contributed by atoms with Crippen LogP contribution in [-0.4, -0.2) is 40.5 Å². The number of nitro benzene ring substituents is 1. The van der Waals surface area contributed by atoms with E-state index in [1.165, 1.54) is 44.6 Å². The van der Waals surface area contributed by atoms with E-state index < -0.39 is 33.7 Å². The van der Waals surface area contributed by atoms with Crippen LogP contribution in [0.25, 0.3) is 0 Å². The largest absolute Gasteiger partial charge is 0.495 e. The predicted octanol–water partition coefficient (Wildman–Crippen LogP) is 2.52. The summed E-state index contributed by atoms with van der Waals surface area (Å²) in [6.07, 6.45) is 0.214. The fourth-order valence-electron chi connectivity index (χ4n) is 2.31. The third kappa shape index (κ3) is 4.92. The van der Waals surface area contributed by atoms with Crippen LogP contribution in [-0.2, 0) is 20.3 Å². The van der Waals surface area contributed by atoms with E-state index in [2.05, 4.69) is 5.32 Å². The smallest absolute Gasteiger partial charge is 0.340 e. The van der Waals surface area contributed by atoms with Crippen molar-refractivity contribution < 1.29 is 28.2 Å². The number of nitrogens with zero attached hydrogens (tertiary/aromatic N) is 1. The van der Waals surface area contributed by atoms with Gasteiger partial charge < -0.3 is 14.8 Å². The van der Waals surface area contributed by atoms with Gasteiger partial charge in [-0.05, 0) is 25.1 Å². The van der Waals surface area contributed by atoms with E-state index in [0.717, 1.165) is 6.07 Å². The highest BCUT2D eigenvalue weighted by molar-refractivity contribution is 7.84. The number of benzene rings is 2. The van der Waals surface area contributed by atoms with Crippen LogP contribution in [0.2, 0.25) is 0 Å². The maximum atomic E-state index is 12.4. The second-order valence-electron chi connectivity index (χ2n) is 5.63. The molecule has 0 saturated heterocycles. The number of carbonyl (C=O) groups is 2. The van der Waals surface area contributed by atoms with Crippen molar-refractivity contribution in [2.24, 2.45) is 0 Å². The summed E-state index contributed by atoms with van der Waals surface area (Å²) in [6.45, 7) is 1.35. The second kappa shape index (κ2) is 9.09. The lowest BCUT2D eigenvalue weighted by atomic mass is 10.2. The van der Waals surface area contributed by atoms with Gasteiger partial charge in [0.05, 0.1) is 39.0 Å². The van der Waals surface area contributed by atoms with Crippen LogP contribution >= 0.6 is 0 Å².